The molecular weight excluding hydrogens is 462 g/mol. The maximum Gasteiger partial charge on any atom is 0.326 e. The first kappa shape index (κ1) is 30.1. The number of aliphatic hydroxyl groups excluding tert-OH is 1. The average molecular weight is 494 g/mol. The number of nitrogens with two attached hydrogens (primary N) is 2. The number of aliphatic hydroxyl groups is 1. The van der Waals surface area contributed by atoms with Gasteiger partial charge in [0.1, 0.15) is 18.1 Å². The van der Waals surface area contributed by atoms with Crippen LogP contribution in [0.15, 0.2) is 0 Å². The lowest BCUT2D eigenvalue weighted by Crippen LogP contribution is -2.60. The van der Waals surface area contributed by atoms with Gasteiger partial charge in [0.2, 0.25) is 23.6 Å². The summed E-state index contributed by atoms with van der Waals surface area (Å²) in [6.07, 6.45) is -0.947. The second-order valence-corrected chi connectivity index (χ2v) is 8.16. The molecule has 15 heteroatoms. The highest BCUT2D eigenvalue weighted by atomic mass is 32.2. The molecule has 5 atom stereocenters. The monoisotopic (exact) mass is 493 g/mol. The van der Waals surface area contributed by atoms with Gasteiger partial charge >= 0.3 is 11.9 Å². The van der Waals surface area contributed by atoms with Gasteiger partial charge in [-0.2, -0.15) is 11.8 Å². The zero-order chi connectivity index (χ0) is 25.7. The molecule has 0 aromatic carbocycles. The molecule has 0 saturated carbocycles. The van der Waals surface area contributed by atoms with Gasteiger partial charge in [-0.15, -0.1) is 0 Å². The summed E-state index contributed by atoms with van der Waals surface area (Å²) in [7, 11) is 0. The summed E-state index contributed by atoms with van der Waals surface area (Å²) in [6, 6.07) is -5.75. The first-order valence-electron chi connectivity index (χ1n) is 9.86. The van der Waals surface area contributed by atoms with Gasteiger partial charge in [-0.25, -0.2) is 4.79 Å². The number of carboxylic acid groups (broad SMARTS) is 2. The number of aliphatic carboxylic acids is 2. The molecule has 33 heavy (non-hydrogen) atoms. The van der Waals surface area contributed by atoms with Crippen molar-refractivity contribution in [1.29, 1.82) is 0 Å². The molecule has 0 radical (unpaired) electrons. The van der Waals surface area contributed by atoms with E-state index in [2.05, 4.69) is 16.0 Å². The minimum Gasteiger partial charge on any atom is -0.481 e. The molecule has 188 valence electrons. The Balaban J connectivity index is 5.37. The Morgan fingerprint density at radius 3 is 1.94 bits per heavy atom. The fourth-order valence-corrected chi connectivity index (χ4v) is 2.98. The first-order valence-corrected chi connectivity index (χ1v) is 11.3. The molecule has 0 aliphatic heterocycles. The van der Waals surface area contributed by atoms with Crippen molar-refractivity contribution in [3.63, 3.8) is 0 Å². The zero-order valence-electron chi connectivity index (χ0n) is 18.3. The van der Waals surface area contributed by atoms with Crippen molar-refractivity contribution < 1.29 is 44.1 Å². The van der Waals surface area contributed by atoms with Crippen LogP contribution < -0.4 is 27.4 Å². The van der Waals surface area contributed by atoms with E-state index in [1.807, 2.05) is 0 Å². The number of hydrogen-bond acceptors (Lipinski definition) is 9. The number of carbonyl (C=O) groups is 6. The van der Waals surface area contributed by atoms with Crippen molar-refractivity contribution in [2.45, 2.75) is 62.9 Å². The van der Waals surface area contributed by atoms with Gasteiger partial charge in [0.25, 0.3) is 0 Å². The van der Waals surface area contributed by atoms with Crippen molar-refractivity contribution in [2.24, 2.45) is 11.5 Å². The van der Waals surface area contributed by atoms with Gasteiger partial charge < -0.3 is 42.7 Å². The second-order valence-electron chi connectivity index (χ2n) is 7.18. The maximum atomic E-state index is 12.6. The highest BCUT2D eigenvalue weighted by Gasteiger charge is 2.33. The predicted molar refractivity (Wildman–Crippen MR) is 117 cm³/mol. The summed E-state index contributed by atoms with van der Waals surface area (Å²) < 4.78 is 0. The lowest BCUT2D eigenvalue weighted by molar-refractivity contribution is -0.143. The van der Waals surface area contributed by atoms with E-state index >= 15 is 0 Å². The van der Waals surface area contributed by atoms with Crippen LogP contribution in [-0.2, 0) is 28.8 Å². The van der Waals surface area contributed by atoms with Crippen LogP contribution in [0.5, 0.6) is 0 Å². The minimum atomic E-state index is -1.61. The Labute approximate surface area is 194 Å². The normalized spacial score (nSPS) is 15.3. The Bertz CT molecular complexity index is 734. The molecule has 0 fully saturated rings. The molecule has 0 saturated heterocycles. The highest BCUT2D eigenvalue weighted by molar-refractivity contribution is 7.98. The van der Waals surface area contributed by atoms with Crippen LogP contribution in [0.4, 0.5) is 0 Å². The second kappa shape index (κ2) is 15.0. The quantitative estimate of drug-likeness (QED) is 0.106. The molecule has 0 aliphatic rings. The predicted octanol–water partition coefficient (Wildman–Crippen LogP) is -3.27. The van der Waals surface area contributed by atoms with Crippen LogP contribution in [0.1, 0.15) is 32.6 Å². The number of rotatable bonds is 16. The topological polar surface area (TPSA) is 251 Å². The number of carbonyl (C=O) groups excluding carboxylic acids is 4. The van der Waals surface area contributed by atoms with Crippen molar-refractivity contribution in [2.75, 3.05) is 12.0 Å². The SMILES string of the molecule is CSCCC(NC(=O)C(NC(=O)C(CC(N)=O)NC(=O)C(N)CCC(=O)O)C(C)O)C(=O)O. The van der Waals surface area contributed by atoms with Crippen molar-refractivity contribution >= 4 is 47.3 Å². The third kappa shape index (κ3) is 12.1. The summed E-state index contributed by atoms with van der Waals surface area (Å²) >= 11 is 1.36. The largest absolute Gasteiger partial charge is 0.481 e. The highest BCUT2D eigenvalue weighted by Crippen LogP contribution is 2.04. The number of primary amides is 1. The lowest BCUT2D eigenvalue weighted by atomic mass is 10.1. The molecule has 0 aromatic heterocycles. The standard InChI is InChI=1S/C18H31N5O9S/c1-8(24)14(17(30)21-10(18(31)32)5-6-33-2)23-16(29)11(7-12(20)25)22-15(28)9(19)3-4-13(26)27/h8-11,14,24H,3-7,19H2,1-2H3,(H2,20,25)(H,21,30)(H,22,28)(H,23,29)(H,26,27)(H,31,32). The van der Waals surface area contributed by atoms with Crippen molar-refractivity contribution in [3.05, 3.63) is 0 Å². The van der Waals surface area contributed by atoms with E-state index in [0.717, 1.165) is 0 Å². The Hall–Kier alpha value is -2.91. The van der Waals surface area contributed by atoms with Crippen molar-refractivity contribution in [1.82, 2.24) is 16.0 Å². The van der Waals surface area contributed by atoms with Crippen LogP contribution in [0.2, 0.25) is 0 Å². The van der Waals surface area contributed by atoms with E-state index in [1.165, 1.54) is 18.7 Å². The molecule has 14 nitrogen and oxygen atoms in total. The van der Waals surface area contributed by atoms with E-state index in [4.69, 9.17) is 16.6 Å². The molecule has 0 heterocycles. The van der Waals surface area contributed by atoms with Gasteiger partial charge in [0.15, 0.2) is 0 Å². The molecule has 0 rings (SSSR count). The van der Waals surface area contributed by atoms with Crippen molar-refractivity contribution in [3.8, 4) is 0 Å². The average Bonchev–Trinajstić information content (AvgIpc) is 2.71. The van der Waals surface area contributed by atoms with E-state index in [1.54, 1.807) is 6.26 Å². The van der Waals surface area contributed by atoms with Gasteiger partial charge in [-0.1, -0.05) is 0 Å². The molecule has 0 spiro atoms. The smallest absolute Gasteiger partial charge is 0.326 e. The molecule has 5 unspecified atom stereocenters. The maximum absolute atomic E-state index is 12.6. The number of thioether (sulfide) groups is 1. The Morgan fingerprint density at radius 1 is 0.909 bits per heavy atom. The number of amides is 4. The fourth-order valence-electron chi connectivity index (χ4n) is 2.51. The summed E-state index contributed by atoms with van der Waals surface area (Å²) in [5.74, 6) is -6.03. The van der Waals surface area contributed by atoms with Crippen LogP contribution in [-0.4, -0.2) is 93.2 Å². The third-order valence-corrected chi connectivity index (χ3v) is 4.98. The zero-order valence-corrected chi connectivity index (χ0v) is 19.1. The fraction of sp³-hybridized carbons (Fsp3) is 0.667. The summed E-state index contributed by atoms with van der Waals surface area (Å²) in [5, 5.41) is 34.4. The van der Waals surface area contributed by atoms with Crippen LogP contribution in [0.25, 0.3) is 0 Å². The van der Waals surface area contributed by atoms with Gasteiger partial charge in [-0.05, 0) is 31.8 Å². The number of carboxylic acids is 2. The molecule has 0 bridgehead atoms. The minimum absolute atomic E-state index is 0.0945. The summed E-state index contributed by atoms with van der Waals surface area (Å²) in [4.78, 5) is 70.6. The molecule has 10 N–H and O–H groups in total. The molecule has 4 amide bonds. The number of hydrogen-bond donors (Lipinski definition) is 8. The van der Waals surface area contributed by atoms with Gasteiger partial charge in [-0.3, -0.25) is 24.0 Å². The Morgan fingerprint density at radius 2 is 1.48 bits per heavy atom. The van der Waals surface area contributed by atoms with E-state index in [-0.39, 0.29) is 12.8 Å². The first-order chi connectivity index (χ1) is 15.3. The van der Waals surface area contributed by atoms with E-state index in [9.17, 15) is 39.0 Å². The van der Waals surface area contributed by atoms with E-state index < -0.39 is 78.7 Å². The molecule has 0 aliphatic carbocycles. The number of nitrogens with one attached hydrogen (secondary N) is 3. The van der Waals surface area contributed by atoms with Crippen LogP contribution in [0.3, 0.4) is 0 Å². The lowest BCUT2D eigenvalue weighted by Gasteiger charge is -2.26. The Kier molecular flexibility index (Phi) is 13.7. The summed E-state index contributed by atoms with van der Waals surface area (Å²) in [5.41, 5.74) is 10.7. The summed E-state index contributed by atoms with van der Waals surface area (Å²) in [6.45, 7) is 1.17. The van der Waals surface area contributed by atoms with Crippen LogP contribution in [0, 0.1) is 0 Å². The third-order valence-electron chi connectivity index (χ3n) is 4.33. The molecule has 0 aromatic rings. The van der Waals surface area contributed by atoms with E-state index in [0.29, 0.717) is 5.75 Å². The van der Waals surface area contributed by atoms with Crippen LogP contribution >= 0.6 is 11.8 Å². The van der Waals surface area contributed by atoms with Gasteiger partial charge in [0.05, 0.1) is 18.6 Å². The van der Waals surface area contributed by atoms with Gasteiger partial charge in [0, 0.05) is 6.42 Å². The molecular formula is C18H31N5O9S.